The quantitative estimate of drug-likeness (QED) is 0.531. The number of piperazine rings is 1. The number of nitrogens with zero attached hydrogens (tertiary/aromatic N) is 5. The summed E-state index contributed by atoms with van der Waals surface area (Å²) in [6.07, 6.45) is 1.12. The molecule has 5 rings (SSSR count). The van der Waals surface area contributed by atoms with E-state index in [0.29, 0.717) is 30.3 Å². The number of carbonyl (C=O) groups is 3. The number of benzene rings is 1. The van der Waals surface area contributed by atoms with E-state index in [1.165, 1.54) is 24.1 Å². The Hall–Kier alpha value is -3.48. The zero-order valence-electron chi connectivity index (χ0n) is 18.3. The van der Waals surface area contributed by atoms with Gasteiger partial charge in [-0.15, -0.1) is 4.37 Å². The molecule has 0 aliphatic carbocycles. The number of carbonyl (C=O) groups excluding carboxylic acids is 3. The number of rotatable bonds is 7. The summed E-state index contributed by atoms with van der Waals surface area (Å²) < 4.78 is 38.5. The molecule has 2 bridgehead atoms. The lowest BCUT2D eigenvalue weighted by atomic mass is 10.2. The first-order valence-electron chi connectivity index (χ1n) is 10.8. The lowest BCUT2D eigenvalue weighted by Crippen LogP contribution is -2.50. The van der Waals surface area contributed by atoms with Crippen molar-refractivity contribution in [2.75, 3.05) is 42.6 Å². The highest BCUT2D eigenvalue weighted by molar-refractivity contribution is 6.99. The molecular formula is C21H22FN5O6S. The Kier molecular flexibility index (Phi) is 5.94. The highest BCUT2D eigenvalue weighted by Gasteiger charge is 2.46. The summed E-state index contributed by atoms with van der Waals surface area (Å²) in [6.45, 7) is 2.26. The van der Waals surface area contributed by atoms with E-state index in [-0.39, 0.29) is 37.7 Å². The first kappa shape index (κ1) is 22.3. The maximum absolute atomic E-state index is 15.1. The third kappa shape index (κ3) is 4.34. The molecule has 13 heteroatoms. The number of hydrogen-bond donors (Lipinski definition) is 0. The molecule has 3 aliphatic rings. The smallest absolute Gasteiger partial charge is 0.414 e. The van der Waals surface area contributed by atoms with E-state index in [4.69, 9.17) is 14.2 Å². The largest absolute Gasteiger partial charge is 0.472 e. The van der Waals surface area contributed by atoms with E-state index in [1.807, 2.05) is 4.90 Å². The molecule has 34 heavy (non-hydrogen) atoms. The van der Waals surface area contributed by atoms with E-state index in [0.717, 1.165) is 18.1 Å². The van der Waals surface area contributed by atoms with E-state index < -0.39 is 24.0 Å². The molecule has 0 radical (unpaired) electrons. The fraction of sp³-hybridized carbons (Fsp3) is 0.476. The third-order valence-corrected chi connectivity index (χ3v) is 6.61. The van der Waals surface area contributed by atoms with Crippen LogP contribution in [0.1, 0.15) is 13.3 Å². The summed E-state index contributed by atoms with van der Waals surface area (Å²) in [5.41, 5.74) is 0.818. The molecule has 1 aromatic carbocycles. The summed E-state index contributed by atoms with van der Waals surface area (Å²) in [4.78, 5) is 40.6. The Bertz CT molecular complexity index is 1100. The third-order valence-electron chi connectivity index (χ3n) is 6.14. The number of likely N-dealkylation sites (tertiary alicyclic amines) is 1. The number of anilines is 2. The zero-order valence-corrected chi connectivity index (χ0v) is 19.1. The molecule has 3 fully saturated rings. The molecule has 0 N–H and O–H groups in total. The van der Waals surface area contributed by atoms with E-state index >= 15 is 4.39 Å². The van der Waals surface area contributed by atoms with Gasteiger partial charge in [0.15, 0.2) is 12.7 Å². The second-order valence-electron chi connectivity index (χ2n) is 8.33. The monoisotopic (exact) mass is 491 g/mol. The Morgan fingerprint density at radius 2 is 2.12 bits per heavy atom. The first-order valence-corrected chi connectivity index (χ1v) is 11.5. The van der Waals surface area contributed by atoms with Crippen LogP contribution in [0.3, 0.4) is 0 Å². The Morgan fingerprint density at radius 1 is 1.26 bits per heavy atom. The minimum Gasteiger partial charge on any atom is -0.472 e. The molecule has 2 aromatic rings. The molecule has 3 atom stereocenters. The van der Waals surface area contributed by atoms with Crippen molar-refractivity contribution in [2.24, 2.45) is 0 Å². The van der Waals surface area contributed by atoms with Gasteiger partial charge in [-0.1, -0.05) is 0 Å². The van der Waals surface area contributed by atoms with Crippen LogP contribution < -0.4 is 14.5 Å². The van der Waals surface area contributed by atoms with Gasteiger partial charge in [-0.25, -0.2) is 9.18 Å². The molecule has 2 amide bonds. The molecule has 0 saturated carbocycles. The van der Waals surface area contributed by atoms with Crippen molar-refractivity contribution in [3.63, 3.8) is 0 Å². The van der Waals surface area contributed by atoms with E-state index in [1.54, 1.807) is 17.0 Å². The molecule has 3 aliphatic heterocycles. The van der Waals surface area contributed by atoms with Crippen LogP contribution in [0.5, 0.6) is 5.88 Å². The van der Waals surface area contributed by atoms with Crippen molar-refractivity contribution in [3.05, 3.63) is 30.2 Å². The Balaban J connectivity index is 1.20. The number of cyclic esters (lactones) is 1. The highest BCUT2D eigenvalue weighted by Crippen LogP contribution is 2.37. The molecular weight excluding hydrogens is 469 g/mol. The standard InChI is InChI=1S/C21H22FN5O6S/c1-12(28)31-11-20(29)26-8-14-4-15(26)7-25(14)18-3-2-13(5-17(18)22)27-9-16(33-21(27)30)10-32-19-6-23-34-24-19/h2-3,5-6,14-16H,4,7-11H2,1H3/t14?,15?,16-/m1/s1. The van der Waals surface area contributed by atoms with Crippen LogP contribution in [0.4, 0.5) is 20.6 Å². The van der Waals surface area contributed by atoms with Gasteiger partial charge in [-0.3, -0.25) is 14.5 Å². The molecule has 1 aromatic heterocycles. The minimum absolute atomic E-state index is 0.0230. The van der Waals surface area contributed by atoms with Gasteiger partial charge in [-0.2, -0.15) is 4.37 Å². The van der Waals surface area contributed by atoms with Crippen molar-refractivity contribution in [2.45, 2.75) is 31.5 Å². The van der Waals surface area contributed by atoms with Crippen molar-refractivity contribution < 1.29 is 33.0 Å². The second-order valence-corrected chi connectivity index (χ2v) is 8.89. The molecule has 0 spiro atoms. The minimum atomic E-state index is -0.570. The lowest BCUT2D eigenvalue weighted by molar-refractivity contribution is -0.150. The summed E-state index contributed by atoms with van der Waals surface area (Å²) >= 11 is 1.02. The number of halogens is 1. The van der Waals surface area contributed by atoms with Crippen molar-refractivity contribution in [3.8, 4) is 5.88 Å². The van der Waals surface area contributed by atoms with Crippen LogP contribution >= 0.6 is 11.7 Å². The topological polar surface area (TPSA) is 114 Å². The summed E-state index contributed by atoms with van der Waals surface area (Å²) in [5.74, 6) is -0.834. The van der Waals surface area contributed by atoms with Crippen LogP contribution in [0.15, 0.2) is 24.4 Å². The van der Waals surface area contributed by atoms with Gasteiger partial charge in [-0.05, 0) is 24.6 Å². The maximum Gasteiger partial charge on any atom is 0.414 e. The van der Waals surface area contributed by atoms with Gasteiger partial charge in [0.2, 0.25) is 5.88 Å². The van der Waals surface area contributed by atoms with E-state index in [9.17, 15) is 14.4 Å². The number of hydrogen-bond acceptors (Lipinski definition) is 10. The predicted molar refractivity (Wildman–Crippen MR) is 117 cm³/mol. The number of esters is 1. The normalized spacial score (nSPS) is 23.4. The summed E-state index contributed by atoms with van der Waals surface area (Å²) in [6, 6.07) is 4.57. The number of amides is 2. The predicted octanol–water partition coefficient (Wildman–Crippen LogP) is 1.43. The van der Waals surface area contributed by atoms with Crippen molar-refractivity contribution >= 4 is 41.1 Å². The molecule has 3 saturated heterocycles. The number of fused-ring (bicyclic) bond motifs is 2. The van der Waals surface area contributed by atoms with Crippen molar-refractivity contribution in [1.82, 2.24) is 13.6 Å². The lowest BCUT2D eigenvalue weighted by Gasteiger charge is -2.35. The van der Waals surface area contributed by atoms with Gasteiger partial charge in [0, 0.05) is 26.1 Å². The molecule has 2 unspecified atom stereocenters. The van der Waals surface area contributed by atoms with Crippen LogP contribution in [0.25, 0.3) is 0 Å². The maximum atomic E-state index is 15.1. The number of aromatic nitrogens is 2. The first-order chi connectivity index (χ1) is 16.4. The zero-order chi connectivity index (χ0) is 23.8. The van der Waals surface area contributed by atoms with Crippen LogP contribution in [0.2, 0.25) is 0 Å². The van der Waals surface area contributed by atoms with Gasteiger partial charge < -0.3 is 24.0 Å². The van der Waals surface area contributed by atoms with Gasteiger partial charge >= 0.3 is 12.1 Å². The fourth-order valence-electron chi connectivity index (χ4n) is 4.63. The average molecular weight is 492 g/mol. The molecule has 11 nitrogen and oxygen atoms in total. The Labute approximate surface area is 198 Å². The molecule has 4 heterocycles. The van der Waals surface area contributed by atoms with Crippen LogP contribution in [-0.2, 0) is 19.1 Å². The van der Waals surface area contributed by atoms with E-state index in [2.05, 4.69) is 8.75 Å². The van der Waals surface area contributed by atoms with Gasteiger partial charge in [0.05, 0.1) is 35.7 Å². The van der Waals surface area contributed by atoms with Crippen molar-refractivity contribution in [1.29, 1.82) is 0 Å². The average Bonchev–Trinajstić information content (AvgIpc) is 3.60. The Morgan fingerprint density at radius 3 is 2.79 bits per heavy atom. The number of ether oxygens (including phenoxy) is 3. The van der Waals surface area contributed by atoms with Gasteiger partial charge in [0.1, 0.15) is 18.6 Å². The van der Waals surface area contributed by atoms with Crippen LogP contribution in [0, 0.1) is 5.82 Å². The van der Waals surface area contributed by atoms with Gasteiger partial charge in [0.25, 0.3) is 5.91 Å². The summed E-state index contributed by atoms with van der Waals surface area (Å²) in [7, 11) is 0. The summed E-state index contributed by atoms with van der Waals surface area (Å²) in [5, 5.41) is 0. The SMILES string of the molecule is CC(=O)OCC(=O)N1CC2CC1CN2c1ccc(N2C[C@H](COc3cnsn3)OC2=O)cc1F. The second kappa shape index (κ2) is 9.05. The highest BCUT2D eigenvalue weighted by atomic mass is 32.1. The molecule has 180 valence electrons. The fourth-order valence-corrected chi connectivity index (χ4v) is 4.99. The van der Waals surface area contributed by atoms with Crippen LogP contribution in [-0.4, -0.2) is 82.7 Å².